The molecule has 36 heteroatoms. The zero-order valence-electron chi connectivity index (χ0n) is 68.6. The lowest BCUT2D eigenvalue weighted by molar-refractivity contribution is -0.153. The van der Waals surface area contributed by atoms with Crippen LogP contribution in [-0.4, -0.2) is 172 Å². The van der Waals surface area contributed by atoms with Crippen molar-refractivity contribution in [3.63, 3.8) is 0 Å². The van der Waals surface area contributed by atoms with Gasteiger partial charge in [0.15, 0.2) is 43.9 Å². The van der Waals surface area contributed by atoms with E-state index in [1.807, 2.05) is 157 Å². The number of halogens is 3. The molecule has 0 saturated carbocycles. The minimum absolute atomic E-state index is 0. The predicted octanol–water partition coefficient (Wildman–Crippen LogP) is 15.4. The molecule has 0 radical (unpaired) electrons. The van der Waals surface area contributed by atoms with Crippen molar-refractivity contribution in [3.8, 4) is 34.5 Å². The number of pyridine rings is 5. The third-order valence-electron chi connectivity index (χ3n) is 18.4. The number of H-pyrrole nitrogens is 5. The van der Waals surface area contributed by atoms with Crippen LogP contribution >= 0.6 is 11.8 Å². The van der Waals surface area contributed by atoms with E-state index in [0.717, 1.165) is 141 Å². The summed E-state index contributed by atoms with van der Waals surface area (Å²) in [5.41, 5.74) is 18.7. The van der Waals surface area contributed by atoms with Gasteiger partial charge in [-0.1, -0.05) is 60.3 Å². The van der Waals surface area contributed by atoms with Gasteiger partial charge >= 0.3 is 6.18 Å². The molecule has 121 heavy (non-hydrogen) atoms. The highest BCUT2D eigenvalue weighted by Gasteiger charge is 2.29. The number of alkyl halides is 3. The molecule has 0 fully saturated rings. The minimum atomic E-state index is -4.42. The molecule has 0 aliphatic carbocycles. The molecule has 4 unspecified atom stereocenters. The van der Waals surface area contributed by atoms with Gasteiger partial charge in [0.05, 0.1) is 184 Å². The molecule has 0 aliphatic heterocycles. The van der Waals surface area contributed by atoms with E-state index in [4.69, 9.17) is 37.9 Å². The van der Waals surface area contributed by atoms with Crippen LogP contribution in [0, 0.1) is 48.5 Å². The van der Waals surface area contributed by atoms with E-state index < -0.39 is 56.0 Å². The fraction of sp³-hybridized carbons (Fsp3) is 0.294. The fourth-order valence-electron chi connectivity index (χ4n) is 12.1. The summed E-state index contributed by atoms with van der Waals surface area (Å²) in [6, 6.07) is 41.5. The molecule has 4 atom stereocenters. The van der Waals surface area contributed by atoms with Gasteiger partial charge in [-0.3, -0.25) is 41.8 Å². The molecular weight excluding hydrogens is 1660 g/mol. The normalized spacial score (nSPS) is 12.2. The number of nitrogens with zero attached hydrogens (tertiary/aromatic N) is 10. The number of hydrogen-bond donors (Lipinski definition) is 5. The summed E-state index contributed by atoms with van der Waals surface area (Å²) in [7, 11) is 2.64. The lowest BCUT2D eigenvalue weighted by Crippen LogP contribution is -2.19. The minimum Gasteiger partial charge on any atom is -0.496 e. The Hall–Kier alpha value is -11.4. The molecule has 28 nitrogen and oxygen atoms in total. The third kappa shape index (κ3) is 25.1. The van der Waals surface area contributed by atoms with Crippen molar-refractivity contribution >= 4 is 110 Å². The zero-order valence-corrected chi connectivity index (χ0v) is 72.7. The van der Waals surface area contributed by atoms with Crippen LogP contribution in [0.5, 0.6) is 34.5 Å². The highest BCUT2D eigenvalue weighted by molar-refractivity contribution is 7.98. The lowest BCUT2D eigenvalue weighted by Gasteiger charge is -2.13. The van der Waals surface area contributed by atoms with Crippen LogP contribution in [0.3, 0.4) is 0 Å². The van der Waals surface area contributed by atoms with Crippen LogP contribution in [-0.2, 0) is 81.4 Å². The van der Waals surface area contributed by atoms with Gasteiger partial charge in [0.1, 0.15) is 23.0 Å². The molecule has 0 bridgehead atoms. The van der Waals surface area contributed by atoms with Crippen LogP contribution in [0.2, 0.25) is 0 Å². The van der Waals surface area contributed by atoms with E-state index in [-0.39, 0.29) is 22.7 Å². The Morgan fingerprint density at radius 2 is 0.752 bits per heavy atom. The van der Waals surface area contributed by atoms with E-state index in [1.165, 1.54) is 19.4 Å². The summed E-state index contributed by atoms with van der Waals surface area (Å²) < 4.78 is 130. The standard InChI is InChI=1S/C18H21N3O3S.C18H21N3O2S.C17H19N3O2S.C16H14F3N3O2S.C16H17N3O3S.H2O/c1-13-16(19-9-8-17(13)24-11-5-10-23-2)12-25(22)18-20-14-6-3-4-7-15(14)21-18;1-13-16(19-9-8-17(13)23-11-5-10-22-2)12-24-18-20-14-6-3-4-7-15(14)21-18;1-10-5-6-13-14(7-10)20-17(19-13)23(21)9-15-12(3)16(22-4)11(2)8-18-15;1-10-13(20-7-6-14(10)24-9-16(17,18)19)8-25(23)15-21-11-4-2-3-5-12(11)22-15;1-10-4-5-11-12(8-10)19-16(18-11)23(20)9-13-15(22-3)14(21-2)6-7-17-13;/h3-4,6-9H,5,10-12H2,1-2H3,(H,20,21);3-4,6-9H,5,10-12H2,1-2H3,(H,20,21);5-8H,9H2,1-4H3,(H,19,20);2-7H,8-9H2,1H3,(H,21,22);4-8H,9H2,1-3H3,(H,18,19);1H2. The number of aryl methyl sites for hydroxylation is 3. The molecule has 15 rings (SSSR count). The average molecular weight is 1750 g/mol. The van der Waals surface area contributed by atoms with E-state index in [1.54, 1.807) is 84.0 Å². The Bertz CT molecular complexity index is 5990. The molecule has 0 aliphatic rings. The van der Waals surface area contributed by atoms with Gasteiger partial charge < -0.3 is 68.3 Å². The first-order valence-electron chi connectivity index (χ1n) is 37.7. The number of thioether (sulfide) groups is 1. The van der Waals surface area contributed by atoms with Crippen molar-refractivity contribution < 1.29 is 73.4 Å². The first-order chi connectivity index (χ1) is 57.9. The topological polar surface area (TPSA) is 381 Å². The summed E-state index contributed by atoms with van der Waals surface area (Å²) in [6.45, 7) is 14.7. The molecule has 0 spiro atoms. The second-order valence-electron chi connectivity index (χ2n) is 27.0. The van der Waals surface area contributed by atoms with Gasteiger partial charge in [-0.15, -0.1) is 0 Å². The number of imidazole rings is 5. The average Bonchev–Trinajstić information content (AvgIpc) is 1.58. The maximum atomic E-state index is 12.7. The number of fused-ring (bicyclic) bond motifs is 5. The van der Waals surface area contributed by atoms with Crippen molar-refractivity contribution in [2.45, 2.75) is 122 Å². The summed E-state index contributed by atoms with van der Waals surface area (Å²) in [5.74, 6) is 5.15. The fourth-order valence-corrected chi connectivity index (χ4v) is 17.3. The van der Waals surface area contributed by atoms with Gasteiger partial charge in [-0.2, -0.15) is 13.2 Å². The molecule has 15 aromatic rings. The number of benzene rings is 5. The van der Waals surface area contributed by atoms with Gasteiger partial charge in [-0.05, 0) is 138 Å². The predicted molar refractivity (Wildman–Crippen MR) is 464 cm³/mol. The first kappa shape index (κ1) is 91.9. The second kappa shape index (κ2) is 44.2. The van der Waals surface area contributed by atoms with Crippen molar-refractivity contribution in [2.24, 2.45) is 0 Å². The molecular formula is C85H94F3N15O13S5. The summed E-state index contributed by atoms with van der Waals surface area (Å²) >= 11 is 1.65. The number of nitrogens with one attached hydrogen (secondary N) is 5. The first-order valence-corrected chi connectivity index (χ1v) is 43.9. The van der Waals surface area contributed by atoms with E-state index in [9.17, 15) is 30.0 Å². The Morgan fingerprint density at radius 3 is 1.17 bits per heavy atom. The van der Waals surface area contributed by atoms with Crippen molar-refractivity contribution in [2.75, 3.05) is 68.6 Å². The second-order valence-corrected chi connectivity index (χ2v) is 33.5. The Balaban J connectivity index is 0.000000158. The molecule has 10 heterocycles. The number of hydrogen-bond acceptors (Lipinski definition) is 23. The Labute approximate surface area is 710 Å². The molecule has 10 aromatic heterocycles. The number of para-hydroxylation sites is 6. The lowest BCUT2D eigenvalue weighted by atomic mass is 10.1. The van der Waals surface area contributed by atoms with Crippen molar-refractivity contribution in [1.29, 1.82) is 0 Å². The smallest absolute Gasteiger partial charge is 0.422 e. The van der Waals surface area contributed by atoms with Gasteiger partial charge in [0.2, 0.25) is 0 Å². The SMILES string of the molecule is COCCCOc1ccnc(CS(=O)c2nc3ccccc3[nH]2)c1C.COCCCOc1ccnc(CSc2nc3ccccc3[nH]2)c1C.COc1c(C)cnc(CS(=O)c2nc3ccc(C)cc3[nH]2)c1C.COc1ccnc(CS(=O)c2nc3ccc(C)cc3[nH]2)c1OC.Cc1c(OCC(F)(F)F)ccnc1CS(=O)c1nc2ccccc2[nH]1.O. The zero-order chi connectivity index (χ0) is 85.4. The summed E-state index contributed by atoms with van der Waals surface area (Å²) in [5, 5.41) is 2.57. The Morgan fingerprint density at radius 1 is 0.380 bits per heavy atom. The Kier molecular flexibility index (Phi) is 33.6. The number of rotatable bonds is 30. The number of aromatic amines is 5. The number of ether oxygens (including phenoxy) is 8. The number of aromatic nitrogens is 15. The quantitative estimate of drug-likeness (QED) is 0.0206. The van der Waals surface area contributed by atoms with Crippen LogP contribution < -0.4 is 28.4 Å². The summed E-state index contributed by atoms with van der Waals surface area (Å²) in [6.07, 6.45) is 5.45. The molecule has 5 aromatic carbocycles. The van der Waals surface area contributed by atoms with Gasteiger partial charge in [0.25, 0.3) is 0 Å². The molecule has 0 amide bonds. The van der Waals surface area contributed by atoms with Gasteiger partial charge in [0, 0.05) is 111 Å². The summed E-state index contributed by atoms with van der Waals surface area (Å²) in [4.78, 5) is 59.4. The van der Waals surface area contributed by atoms with Crippen LogP contribution in [0.15, 0.2) is 190 Å². The van der Waals surface area contributed by atoms with Crippen LogP contribution in [0.25, 0.3) is 55.2 Å². The molecule has 7 N–H and O–H groups in total. The van der Waals surface area contributed by atoms with E-state index in [2.05, 4.69) is 74.8 Å². The third-order valence-corrected chi connectivity index (χ3v) is 23.9. The van der Waals surface area contributed by atoms with Gasteiger partial charge in [-0.25, -0.2) is 24.9 Å². The van der Waals surface area contributed by atoms with E-state index >= 15 is 0 Å². The molecule has 638 valence electrons. The van der Waals surface area contributed by atoms with E-state index in [0.29, 0.717) is 92.5 Å². The van der Waals surface area contributed by atoms with Crippen molar-refractivity contribution in [3.05, 3.63) is 232 Å². The van der Waals surface area contributed by atoms with Crippen LogP contribution in [0.1, 0.15) is 80.3 Å². The van der Waals surface area contributed by atoms with Crippen molar-refractivity contribution in [1.82, 2.24) is 74.8 Å². The highest BCUT2D eigenvalue weighted by atomic mass is 32.2. The number of methoxy groups -OCH3 is 5. The maximum absolute atomic E-state index is 12.7. The molecule has 0 saturated heterocycles. The van der Waals surface area contributed by atoms with Crippen LogP contribution in [0.4, 0.5) is 13.2 Å². The largest absolute Gasteiger partial charge is 0.496 e. The monoisotopic (exact) mass is 1750 g/mol. The maximum Gasteiger partial charge on any atom is 0.422 e. The highest BCUT2D eigenvalue weighted by Crippen LogP contribution is 2.33.